The molecule has 0 aromatic heterocycles. The fourth-order valence-corrected chi connectivity index (χ4v) is 2.69. The maximum atomic E-state index is 11.4. The molecule has 4 heteroatoms. The number of nitrogens with zero attached hydrogens (tertiary/aromatic N) is 1. The molecule has 2 unspecified atom stereocenters. The highest BCUT2D eigenvalue weighted by molar-refractivity contribution is 5.75. The van der Waals surface area contributed by atoms with E-state index in [0.29, 0.717) is 12.8 Å². The Kier molecular flexibility index (Phi) is 17.1. The summed E-state index contributed by atoms with van der Waals surface area (Å²) in [7, 11) is 3.42. The van der Waals surface area contributed by atoms with Gasteiger partial charge in [0.15, 0.2) is 0 Å². The molecular weight excluding hydrogens is 338 g/mol. The van der Waals surface area contributed by atoms with Crippen LogP contribution in [-0.4, -0.2) is 47.3 Å². The molecule has 0 rings (SSSR count). The van der Waals surface area contributed by atoms with E-state index in [0.717, 1.165) is 12.8 Å². The van der Waals surface area contributed by atoms with Crippen LogP contribution in [0.1, 0.15) is 77.6 Å². The van der Waals surface area contributed by atoms with E-state index in [1.165, 1.54) is 49.8 Å². The van der Waals surface area contributed by atoms with Crippen LogP contribution < -0.4 is 0 Å². The SMILES string of the molecule is CCCCCCCCCCC(O)C=CC=CC=CC(O)CCC(=O)N(C)C. The third kappa shape index (κ3) is 17.8. The minimum atomic E-state index is -0.616. The summed E-state index contributed by atoms with van der Waals surface area (Å²) in [5.41, 5.74) is 0. The van der Waals surface area contributed by atoms with Crippen LogP contribution >= 0.6 is 0 Å². The summed E-state index contributed by atoms with van der Waals surface area (Å²) >= 11 is 0. The first kappa shape index (κ1) is 25.6. The molecule has 0 heterocycles. The minimum absolute atomic E-state index is 0.0198. The lowest BCUT2D eigenvalue weighted by Crippen LogP contribution is -2.22. The van der Waals surface area contributed by atoms with E-state index in [2.05, 4.69) is 6.92 Å². The summed E-state index contributed by atoms with van der Waals surface area (Å²) in [6.07, 6.45) is 21.5. The van der Waals surface area contributed by atoms with Gasteiger partial charge in [-0.25, -0.2) is 0 Å². The molecule has 0 radical (unpaired) electrons. The summed E-state index contributed by atoms with van der Waals surface area (Å²) in [6.45, 7) is 2.24. The van der Waals surface area contributed by atoms with E-state index >= 15 is 0 Å². The number of carbonyl (C=O) groups is 1. The fraction of sp³-hybridized carbons (Fsp3) is 0.696. The molecule has 2 N–H and O–H groups in total. The maximum Gasteiger partial charge on any atom is 0.222 e. The zero-order valence-corrected chi connectivity index (χ0v) is 17.6. The van der Waals surface area contributed by atoms with Gasteiger partial charge in [0.05, 0.1) is 12.2 Å². The van der Waals surface area contributed by atoms with Crippen molar-refractivity contribution in [3.05, 3.63) is 36.5 Å². The Balaban J connectivity index is 3.73. The lowest BCUT2D eigenvalue weighted by molar-refractivity contribution is -0.129. The van der Waals surface area contributed by atoms with E-state index < -0.39 is 6.10 Å². The van der Waals surface area contributed by atoms with Crippen LogP contribution in [0, 0.1) is 0 Å². The van der Waals surface area contributed by atoms with Gasteiger partial charge < -0.3 is 15.1 Å². The number of allylic oxidation sites excluding steroid dienone is 4. The Hall–Kier alpha value is -1.39. The summed E-state index contributed by atoms with van der Waals surface area (Å²) in [5.74, 6) is 0.0198. The Morgan fingerprint density at radius 3 is 1.78 bits per heavy atom. The Labute approximate surface area is 166 Å². The minimum Gasteiger partial charge on any atom is -0.389 e. The van der Waals surface area contributed by atoms with E-state index in [9.17, 15) is 15.0 Å². The topological polar surface area (TPSA) is 60.8 Å². The lowest BCUT2D eigenvalue weighted by Gasteiger charge is -2.10. The standard InChI is InChI=1S/C23H41NO3/c1-4-5-6-7-8-9-10-13-16-21(25)17-14-11-12-15-18-22(26)19-20-23(27)24(2)3/h11-12,14-15,17-18,21-22,25-26H,4-10,13,16,19-20H2,1-3H3. The van der Waals surface area contributed by atoms with Gasteiger partial charge in [0.1, 0.15) is 0 Å². The molecule has 0 aliphatic carbocycles. The molecule has 1 amide bonds. The van der Waals surface area contributed by atoms with Crippen molar-refractivity contribution in [2.24, 2.45) is 0 Å². The highest BCUT2D eigenvalue weighted by atomic mass is 16.3. The second-order valence-electron chi connectivity index (χ2n) is 7.38. The van der Waals surface area contributed by atoms with Gasteiger partial charge in [0.25, 0.3) is 0 Å². The summed E-state index contributed by atoms with van der Waals surface area (Å²) in [6, 6.07) is 0. The number of hydrogen-bond donors (Lipinski definition) is 2. The van der Waals surface area contributed by atoms with E-state index in [1.807, 2.05) is 18.2 Å². The van der Waals surface area contributed by atoms with Crippen molar-refractivity contribution in [1.29, 1.82) is 0 Å². The van der Waals surface area contributed by atoms with Gasteiger partial charge >= 0.3 is 0 Å². The summed E-state index contributed by atoms with van der Waals surface area (Å²) in [5, 5.41) is 19.7. The number of carbonyl (C=O) groups excluding carboxylic acids is 1. The van der Waals surface area contributed by atoms with Gasteiger partial charge in [-0.2, -0.15) is 0 Å². The van der Waals surface area contributed by atoms with Crippen molar-refractivity contribution in [1.82, 2.24) is 4.90 Å². The summed E-state index contributed by atoms with van der Waals surface area (Å²) < 4.78 is 0. The molecule has 0 saturated carbocycles. The average molecular weight is 380 g/mol. The third-order valence-corrected chi connectivity index (χ3v) is 4.51. The third-order valence-electron chi connectivity index (χ3n) is 4.51. The molecule has 0 fully saturated rings. The van der Waals surface area contributed by atoms with Gasteiger partial charge in [-0.05, 0) is 12.8 Å². The molecule has 0 aliphatic heterocycles. The highest BCUT2D eigenvalue weighted by Crippen LogP contribution is 2.11. The van der Waals surface area contributed by atoms with E-state index in [4.69, 9.17) is 0 Å². The molecule has 0 aromatic carbocycles. The van der Waals surface area contributed by atoms with Crippen LogP contribution in [0.3, 0.4) is 0 Å². The molecular formula is C23H41NO3. The predicted molar refractivity (Wildman–Crippen MR) is 115 cm³/mol. The second kappa shape index (κ2) is 18.0. The molecule has 0 bridgehead atoms. The molecule has 0 saturated heterocycles. The number of amides is 1. The quantitative estimate of drug-likeness (QED) is 0.300. The molecule has 4 nitrogen and oxygen atoms in total. The lowest BCUT2D eigenvalue weighted by atomic mass is 10.1. The predicted octanol–water partition coefficient (Wildman–Crippen LogP) is 4.78. The first-order valence-electron chi connectivity index (χ1n) is 10.5. The Bertz CT molecular complexity index is 441. The van der Waals surface area contributed by atoms with E-state index in [1.54, 1.807) is 32.3 Å². The van der Waals surface area contributed by atoms with Crippen molar-refractivity contribution in [2.45, 2.75) is 89.8 Å². The van der Waals surface area contributed by atoms with Crippen LogP contribution in [0.5, 0.6) is 0 Å². The first-order chi connectivity index (χ1) is 13.0. The van der Waals surface area contributed by atoms with Crippen molar-refractivity contribution >= 4 is 5.91 Å². The molecule has 0 aliphatic rings. The average Bonchev–Trinajstić information content (AvgIpc) is 2.64. The Morgan fingerprint density at radius 1 is 0.778 bits per heavy atom. The fourth-order valence-electron chi connectivity index (χ4n) is 2.69. The van der Waals surface area contributed by atoms with Crippen LogP contribution in [0.2, 0.25) is 0 Å². The molecule has 0 aromatic rings. The van der Waals surface area contributed by atoms with Crippen LogP contribution in [0.25, 0.3) is 0 Å². The van der Waals surface area contributed by atoms with Gasteiger partial charge in [-0.15, -0.1) is 0 Å². The van der Waals surface area contributed by atoms with Crippen LogP contribution in [0.15, 0.2) is 36.5 Å². The van der Waals surface area contributed by atoms with Gasteiger partial charge in [0, 0.05) is 20.5 Å². The smallest absolute Gasteiger partial charge is 0.222 e. The summed E-state index contributed by atoms with van der Waals surface area (Å²) in [4.78, 5) is 13.0. The maximum absolute atomic E-state index is 11.4. The number of hydrogen-bond acceptors (Lipinski definition) is 3. The highest BCUT2D eigenvalue weighted by Gasteiger charge is 2.06. The van der Waals surface area contributed by atoms with Gasteiger partial charge in [-0.1, -0.05) is 94.7 Å². The number of aliphatic hydroxyl groups excluding tert-OH is 2. The number of unbranched alkanes of at least 4 members (excludes halogenated alkanes) is 7. The van der Waals surface area contributed by atoms with Crippen LogP contribution in [0.4, 0.5) is 0 Å². The second-order valence-corrected chi connectivity index (χ2v) is 7.38. The molecule has 2 atom stereocenters. The number of rotatable bonds is 16. The molecule has 0 spiro atoms. The van der Waals surface area contributed by atoms with Crippen molar-refractivity contribution < 1.29 is 15.0 Å². The zero-order valence-electron chi connectivity index (χ0n) is 17.6. The van der Waals surface area contributed by atoms with Crippen molar-refractivity contribution in [3.63, 3.8) is 0 Å². The largest absolute Gasteiger partial charge is 0.389 e. The monoisotopic (exact) mass is 379 g/mol. The molecule has 27 heavy (non-hydrogen) atoms. The Morgan fingerprint density at radius 2 is 1.26 bits per heavy atom. The number of aliphatic hydroxyl groups is 2. The normalized spacial score (nSPS) is 14.4. The van der Waals surface area contributed by atoms with Gasteiger partial charge in [0.2, 0.25) is 5.91 Å². The van der Waals surface area contributed by atoms with Crippen molar-refractivity contribution in [2.75, 3.05) is 14.1 Å². The van der Waals surface area contributed by atoms with E-state index in [-0.39, 0.29) is 12.0 Å². The van der Waals surface area contributed by atoms with Crippen LogP contribution in [-0.2, 0) is 4.79 Å². The van der Waals surface area contributed by atoms with Gasteiger partial charge in [-0.3, -0.25) is 4.79 Å². The zero-order chi connectivity index (χ0) is 20.3. The first-order valence-corrected chi connectivity index (χ1v) is 10.5. The molecule has 156 valence electrons. The van der Waals surface area contributed by atoms with Crippen molar-refractivity contribution in [3.8, 4) is 0 Å².